The van der Waals surface area contributed by atoms with Crippen LogP contribution in [0.15, 0.2) is 35.8 Å². The van der Waals surface area contributed by atoms with Gasteiger partial charge in [0.05, 0.1) is 12.7 Å². The molecule has 3 heterocycles. The summed E-state index contributed by atoms with van der Waals surface area (Å²) in [4.78, 5) is 15.8. The van der Waals surface area contributed by atoms with Crippen molar-refractivity contribution in [1.29, 1.82) is 5.41 Å². The summed E-state index contributed by atoms with van der Waals surface area (Å²) in [5.74, 6) is 0.247. The summed E-state index contributed by atoms with van der Waals surface area (Å²) < 4.78 is 30.0. The molecule has 35 heavy (non-hydrogen) atoms. The van der Waals surface area contributed by atoms with E-state index in [1.807, 2.05) is 24.8 Å². The van der Waals surface area contributed by atoms with Crippen LogP contribution in [0.3, 0.4) is 0 Å². The van der Waals surface area contributed by atoms with Crippen LogP contribution in [-0.4, -0.2) is 59.3 Å². The number of fused-ring (bicyclic) bond motifs is 1. The molecular formula is C25H33F2N7O. The number of carbonyl (C=O) groups excluding carboxylic acids is 1. The second-order valence-corrected chi connectivity index (χ2v) is 9.36. The van der Waals surface area contributed by atoms with Gasteiger partial charge >= 0.3 is 6.03 Å². The third-order valence-corrected chi connectivity index (χ3v) is 6.49. The highest BCUT2D eigenvalue weighted by Gasteiger charge is 2.31. The molecule has 0 unspecified atom stereocenters. The molecule has 2 amide bonds. The number of amidine groups is 1. The van der Waals surface area contributed by atoms with Crippen molar-refractivity contribution in [2.75, 3.05) is 31.6 Å². The van der Waals surface area contributed by atoms with Crippen molar-refractivity contribution in [3.8, 4) is 11.1 Å². The second kappa shape index (κ2) is 10.1. The van der Waals surface area contributed by atoms with E-state index in [-0.39, 0.29) is 30.0 Å². The van der Waals surface area contributed by atoms with Gasteiger partial charge in [0, 0.05) is 73.9 Å². The number of urea groups is 1. The number of halogens is 2. The van der Waals surface area contributed by atoms with Gasteiger partial charge in [-0.15, -0.1) is 0 Å². The van der Waals surface area contributed by atoms with E-state index < -0.39 is 6.43 Å². The largest absolute Gasteiger partial charge is 0.386 e. The van der Waals surface area contributed by atoms with Crippen LogP contribution in [0.1, 0.15) is 44.2 Å². The molecule has 8 nitrogen and oxygen atoms in total. The number of nitrogens with zero attached hydrogens (tertiary/aromatic N) is 4. The quantitative estimate of drug-likeness (QED) is 0.440. The van der Waals surface area contributed by atoms with Gasteiger partial charge in [0.1, 0.15) is 5.84 Å². The molecule has 0 bridgehead atoms. The number of rotatable bonds is 5. The maximum absolute atomic E-state index is 14.2. The number of anilines is 1. The van der Waals surface area contributed by atoms with Crippen LogP contribution < -0.4 is 15.5 Å². The summed E-state index contributed by atoms with van der Waals surface area (Å²) >= 11 is 0. The van der Waals surface area contributed by atoms with Gasteiger partial charge in [0.25, 0.3) is 6.43 Å². The number of hydrogen-bond acceptors (Lipinski definition) is 4. The Morgan fingerprint density at radius 3 is 2.60 bits per heavy atom. The molecule has 4 rings (SSSR count). The van der Waals surface area contributed by atoms with Crippen LogP contribution in [0.4, 0.5) is 19.3 Å². The number of benzene rings is 1. The predicted molar refractivity (Wildman–Crippen MR) is 133 cm³/mol. The molecule has 1 aromatic heterocycles. The van der Waals surface area contributed by atoms with Crippen molar-refractivity contribution >= 4 is 17.6 Å². The maximum Gasteiger partial charge on any atom is 0.317 e. The summed E-state index contributed by atoms with van der Waals surface area (Å²) in [7, 11) is 3.35. The van der Waals surface area contributed by atoms with Crippen molar-refractivity contribution < 1.29 is 13.6 Å². The Kier molecular flexibility index (Phi) is 7.09. The Balaban J connectivity index is 1.75. The van der Waals surface area contributed by atoms with Gasteiger partial charge in [-0.05, 0) is 49.9 Å². The molecule has 2 aliphatic rings. The lowest BCUT2D eigenvalue weighted by molar-refractivity contribution is 0.152. The number of carbonyl (C=O) groups is 1. The van der Waals surface area contributed by atoms with Crippen LogP contribution in [-0.2, 0) is 13.5 Å². The van der Waals surface area contributed by atoms with Crippen LogP contribution >= 0.6 is 0 Å². The van der Waals surface area contributed by atoms with Gasteiger partial charge < -0.3 is 20.4 Å². The molecule has 0 spiro atoms. The smallest absolute Gasteiger partial charge is 0.317 e. The molecule has 0 saturated carbocycles. The van der Waals surface area contributed by atoms with Gasteiger partial charge in [-0.2, -0.15) is 5.10 Å². The monoisotopic (exact) mass is 485 g/mol. The third-order valence-electron chi connectivity index (χ3n) is 6.49. The summed E-state index contributed by atoms with van der Waals surface area (Å²) in [5.41, 5.74) is 4.28. The summed E-state index contributed by atoms with van der Waals surface area (Å²) in [6.07, 6.45) is 2.82. The fourth-order valence-electron chi connectivity index (χ4n) is 4.85. The first-order chi connectivity index (χ1) is 16.7. The van der Waals surface area contributed by atoms with E-state index in [1.54, 1.807) is 36.1 Å². The van der Waals surface area contributed by atoms with E-state index in [9.17, 15) is 13.6 Å². The molecule has 188 valence electrons. The Bertz CT molecular complexity index is 1150. The first-order valence-corrected chi connectivity index (χ1v) is 11.9. The van der Waals surface area contributed by atoms with Gasteiger partial charge in [0.2, 0.25) is 0 Å². The maximum atomic E-state index is 14.2. The number of hydrogen-bond donors (Lipinski definition) is 3. The van der Waals surface area contributed by atoms with Gasteiger partial charge in [-0.25, -0.2) is 13.6 Å². The van der Waals surface area contributed by atoms with E-state index in [4.69, 9.17) is 5.41 Å². The zero-order valence-electron chi connectivity index (χ0n) is 20.7. The minimum atomic E-state index is -2.66. The van der Waals surface area contributed by atoms with Crippen LogP contribution in [0.2, 0.25) is 0 Å². The van der Waals surface area contributed by atoms with Crippen molar-refractivity contribution in [2.24, 2.45) is 7.05 Å². The topological polar surface area (TPSA) is 89.3 Å². The Morgan fingerprint density at radius 1 is 1.20 bits per heavy atom. The van der Waals surface area contributed by atoms with Crippen molar-refractivity contribution in [2.45, 2.75) is 45.6 Å². The Hall–Kier alpha value is -3.43. The fraction of sp³-hybridized carbons (Fsp3) is 0.480. The minimum absolute atomic E-state index is 0.0680. The molecule has 2 aliphatic heterocycles. The van der Waals surface area contributed by atoms with Crippen LogP contribution in [0.5, 0.6) is 0 Å². The van der Waals surface area contributed by atoms with Crippen LogP contribution in [0.25, 0.3) is 11.1 Å². The molecule has 2 aromatic rings. The lowest BCUT2D eigenvalue weighted by Crippen LogP contribution is -2.48. The molecule has 1 aromatic carbocycles. The van der Waals surface area contributed by atoms with Gasteiger partial charge in [0.15, 0.2) is 0 Å². The molecule has 10 heteroatoms. The van der Waals surface area contributed by atoms with Gasteiger partial charge in [-0.3, -0.25) is 10.1 Å². The third kappa shape index (κ3) is 5.01. The minimum Gasteiger partial charge on any atom is -0.386 e. The lowest BCUT2D eigenvalue weighted by atomic mass is 9.92. The average Bonchev–Trinajstić information content (AvgIpc) is 3.27. The Labute approximate surface area is 204 Å². The van der Waals surface area contributed by atoms with E-state index in [0.29, 0.717) is 36.3 Å². The zero-order chi connectivity index (χ0) is 25.3. The summed E-state index contributed by atoms with van der Waals surface area (Å²) in [6, 6.07) is 3.33. The highest BCUT2D eigenvalue weighted by Crippen LogP contribution is 2.39. The van der Waals surface area contributed by atoms with E-state index in [0.717, 1.165) is 29.7 Å². The van der Waals surface area contributed by atoms with Crippen molar-refractivity contribution in [3.63, 3.8) is 0 Å². The number of aromatic nitrogens is 2. The number of amides is 2. The van der Waals surface area contributed by atoms with Gasteiger partial charge in [-0.1, -0.05) is 0 Å². The number of alkyl halides is 2. The highest BCUT2D eigenvalue weighted by molar-refractivity contribution is 6.09. The van der Waals surface area contributed by atoms with Crippen LogP contribution in [0, 0.1) is 5.41 Å². The first-order valence-electron chi connectivity index (χ1n) is 11.9. The molecular weight excluding hydrogens is 452 g/mol. The molecule has 0 aliphatic carbocycles. The van der Waals surface area contributed by atoms with E-state index in [2.05, 4.69) is 15.7 Å². The number of nitrogens with one attached hydrogen (secondary N) is 3. The highest BCUT2D eigenvalue weighted by atomic mass is 19.3. The molecule has 0 saturated heterocycles. The number of aryl methyl sites for hydroxylation is 2. The van der Waals surface area contributed by atoms with E-state index >= 15 is 0 Å². The normalized spacial score (nSPS) is 16.1. The first kappa shape index (κ1) is 24.7. The molecule has 0 radical (unpaired) electrons. The Morgan fingerprint density at radius 2 is 1.97 bits per heavy atom. The molecule has 0 fully saturated rings. The standard InChI is InChI=1S/C25H33F2N7O/c1-15(2)31-21-7-9-33(25(35)29-3)14-20(21)24(28)34-8-5-6-16-10-18(17-12-30-32(4)13-17)19(23(26)27)11-22(16)34/h10-13,15,23,28,31H,5-9,14H2,1-4H3,(H,29,35). The molecule has 3 N–H and O–H groups in total. The second-order valence-electron chi connectivity index (χ2n) is 9.36. The van der Waals surface area contributed by atoms with Crippen molar-refractivity contribution in [1.82, 2.24) is 25.3 Å². The summed E-state index contributed by atoms with van der Waals surface area (Å²) in [6.45, 7) is 5.45. The SMILES string of the molecule is CNC(=O)N1CCC(NC(C)C)=C(C(=N)N2CCCc3cc(-c4cnn(C)c4)c(C(F)F)cc32)C1. The average molecular weight is 486 g/mol. The molecule has 0 atom stereocenters. The fourth-order valence-corrected chi connectivity index (χ4v) is 4.85. The summed E-state index contributed by atoms with van der Waals surface area (Å²) in [5, 5.41) is 19.4. The zero-order valence-corrected chi connectivity index (χ0v) is 20.7. The van der Waals surface area contributed by atoms with E-state index in [1.165, 1.54) is 6.07 Å². The van der Waals surface area contributed by atoms with Crippen molar-refractivity contribution in [3.05, 3.63) is 46.9 Å². The predicted octanol–water partition coefficient (Wildman–Crippen LogP) is 4.05. The lowest BCUT2D eigenvalue weighted by Gasteiger charge is -2.37.